The predicted molar refractivity (Wildman–Crippen MR) is 67.7 cm³/mol. The topological polar surface area (TPSA) is 50.1 Å². The largest absolute Gasteiger partial charge is 0.394 e. The molecule has 0 aliphatic heterocycles. The van der Waals surface area contributed by atoms with Gasteiger partial charge in [-0.05, 0) is 6.92 Å². The molecule has 5 heteroatoms. The van der Waals surface area contributed by atoms with E-state index in [4.69, 9.17) is 0 Å². The molecule has 1 aromatic heterocycles. The molecule has 1 aromatic rings. The van der Waals surface area contributed by atoms with E-state index in [9.17, 15) is 5.11 Å². The first-order chi connectivity index (χ1) is 7.45. The van der Waals surface area contributed by atoms with Crippen molar-refractivity contribution in [3.8, 4) is 0 Å². The smallest absolute Gasteiger partial charge is 0.0625 e. The average molecular weight is 243 g/mol. The van der Waals surface area contributed by atoms with Crippen LogP contribution >= 0.6 is 11.8 Å². The monoisotopic (exact) mass is 243 g/mol. The molecular weight excluding hydrogens is 222 g/mol. The molecule has 2 N–H and O–H groups in total. The van der Waals surface area contributed by atoms with Gasteiger partial charge in [-0.15, -0.1) is 11.8 Å². The fourth-order valence-electron chi connectivity index (χ4n) is 1.55. The van der Waals surface area contributed by atoms with Gasteiger partial charge in [0, 0.05) is 35.5 Å². The van der Waals surface area contributed by atoms with Crippen LogP contribution in [0.1, 0.15) is 20.8 Å². The third kappa shape index (κ3) is 4.15. The van der Waals surface area contributed by atoms with E-state index in [1.165, 1.54) is 0 Å². The van der Waals surface area contributed by atoms with Gasteiger partial charge in [0.1, 0.15) is 0 Å². The first kappa shape index (κ1) is 13.5. The number of hydrogen-bond acceptors (Lipinski definition) is 4. The van der Waals surface area contributed by atoms with Gasteiger partial charge in [-0.3, -0.25) is 4.68 Å². The van der Waals surface area contributed by atoms with E-state index in [2.05, 4.69) is 24.3 Å². The van der Waals surface area contributed by atoms with Crippen molar-refractivity contribution < 1.29 is 5.11 Å². The van der Waals surface area contributed by atoms with Crippen molar-refractivity contribution in [3.05, 3.63) is 12.4 Å². The highest BCUT2D eigenvalue weighted by atomic mass is 32.2. The van der Waals surface area contributed by atoms with Gasteiger partial charge in [0.05, 0.1) is 12.8 Å². The number of aliphatic hydroxyl groups excluding tert-OH is 1. The predicted octanol–water partition coefficient (Wildman–Crippen LogP) is 1.26. The van der Waals surface area contributed by atoms with Crippen LogP contribution in [0.5, 0.6) is 0 Å². The summed E-state index contributed by atoms with van der Waals surface area (Å²) >= 11 is 1.71. The van der Waals surface area contributed by atoms with E-state index in [0.717, 1.165) is 10.6 Å². The first-order valence-electron chi connectivity index (χ1n) is 5.45. The van der Waals surface area contributed by atoms with E-state index >= 15 is 0 Å². The van der Waals surface area contributed by atoms with Crippen LogP contribution in [0, 0.1) is 0 Å². The lowest BCUT2D eigenvalue weighted by molar-refractivity contribution is 0.183. The lowest BCUT2D eigenvalue weighted by atomic mass is 10.1. The number of aryl methyl sites for hydroxylation is 1. The minimum atomic E-state index is -0.241. The number of aromatic nitrogens is 2. The molecule has 1 atom stereocenters. The van der Waals surface area contributed by atoms with E-state index in [1.54, 1.807) is 16.4 Å². The highest BCUT2D eigenvalue weighted by Gasteiger charge is 2.24. The Bertz CT molecular complexity index is 327. The van der Waals surface area contributed by atoms with Crippen molar-refractivity contribution >= 4 is 11.8 Å². The number of nitrogens with zero attached hydrogens (tertiary/aromatic N) is 2. The highest BCUT2D eigenvalue weighted by Crippen LogP contribution is 2.22. The summed E-state index contributed by atoms with van der Waals surface area (Å²) in [6.07, 6.45) is 3.83. The maximum absolute atomic E-state index is 9.42. The third-order valence-corrected chi connectivity index (χ3v) is 3.55. The van der Waals surface area contributed by atoms with Gasteiger partial charge < -0.3 is 10.4 Å². The Morgan fingerprint density at radius 2 is 2.31 bits per heavy atom. The molecule has 0 spiro atoms. The fraction of sp³-hybridized carbons (Fsp3) is 0.727. The fourth-order valence-corrected chi connectivity index (χ4v) is 2.55. The summed E-state index contributed by atoms with van der Waals surface area (Å²) in [6, 6.07) is 0.367. The minimum absolute atomic E-state index is 0.137. The summed E-state index contributed by atoms with van der Waals surface area (Å²) in [4.78, 5) is 1.13. The van der Waals surface area contributed by atoms with Crippen molar-refractivity contribution in [2.75, 3.05) is 12.4 Å². The molecule has 0 amide bonds. The number of nitrogens with one attached hydrogen (secondary N) is 1. The molecule has 92 valence electrons. The summed E-state index contributed by atoms with van der Waals surface area (Å²) < 4.78 is 1.79. The second kappa shape index (κ2) is 5.70. The molecule has 1 rings (SSSR count). The Labute approximate surface area is 101 Å². The standard InChI is InChI=1S/C11H21N3OS/c1-9(2)13-11(3,7-15)8-16-10-5-12-14(4)6-10/h5-6,9,13,15H,7-8H2,1-4H3. The molecule has 0 aromatic carbocycles. The maximum atomic E-state index is 9.42. The molecule has 1 heterocycles. The van der Waals surface area contributed by atoms with Crippen molar-refractivity contribution in [3.63, 3.8) is 0 Å². The quantitative estimate of drug-likeness (QED) is 0.739. The van der Waals surface area contributed by atoms with Gasteiger partial charge in [0.2, 0.25) is 0 Å². The van der Waals surface area contributed by atoms with Crippen molar-refractivity contribution in [1.29, 1.82) is 0 Å². The van der Waals surface area contributed by atoms with E-state index in [-0.39, 0.29) is 12.1 Å². The lowest BCUT2D eigenvalue weighted by Gasteiger charge is -2.30. The van der Waals surface area contributed by atoms with Crippen LogP contribution in [0.2, 0.25) is 0 Å². The number of thioether (sulfide) groups is 1. The summed E-state index contributed by atoms with van der Waals surface area (Å²) in [6.45, 7) is 6.35. The molecule has 0 aliphatic carbocycles. The van der Waals surface area contributed by atoms with Gasteiger partial charge in [-0.2, -0.15) is 5.10 Å². The number of hydrogen-bond donors (Lipinski definition) is 2. The van der Waals surface area contributed by atoms with Gasteiger partial charge in [0.15, 0.2) is 0 Å². The summed E-state index contributed by atoms with van der Waals surface area (Å²) in [5.41, 5.74) is -0.241. The Kier molecular flexibility index (Phi) is 4.83. The van der Waals surface area contributed by atoms with Crippen LogP contribution in [-0.2, 0) is 7.05 Å². The molecule has 4 nitrogen and oxygen atoms in total. The van der Waals surface area contributed by atoms with Gasteiger partial charge in [-0.1, -0.05) is 13.8 Å². The molecular formula is C11H21N3OS. The zero-order valence-electron chi connectivity index (χ0n) is 10.4. The molecule has 0 saturated heterocycles. The molecule has 0 bridgehead atoms. The van der Waals surface area contributed by atoms with Gasteiger partial charge in [0.25, 0.3) is 0 Å². The molecule has 1 unspecified atom stereocenters. The van der Waals surface area contributed by atoms with E-state index in [1.807, 2.05) is 26.4 Å². The van der Waals surface area contributed by atoms with Crippen molar-refractivity contribution in [1.82, 2.24) is 15.1 Å². The van der Waals surface area contributed by atoms with Crippen molar-refractivity contribution in [2.24, 2.45) is 7.05 Å². The lowest BCUT2D eigenvalue weighted by Crippen LogP contribution is -2.51. The molecule has 16 heavy (non-hydrogen) atoms. The SMILES string of the molecule is CC(C)NC(C)(CO)CSc1cnn(C)c1. The minimum Gasteiger partial charge on any atom is -0.394 e. The van der Waals surface area contributed by atoms with Crippen LogP contribution in [0.4, 0.5) is 0 Å². The summed E-state index contributed by atoms with van der Waals surface area (Å²) in [7, 11) is 1.90. The van der Waals surface area contributed by atoms with Gasteiger partial charge >= 0.3 is 0 Å². The molecule has 0 fully saturated rings. The second-order valence-corrected chi connectivity index (χ2v) is 5.70. The molecule has 0 aliphatic rings. The number of rotatable bonds is 6. The van der Waals surface area contributed by atoms with Crippen LogP contribution in [0.3, 0.4) is 0 Å². The van der Waals surface area contributed by atoms with Gasteiger partial charge in [-0.25, -0.2) is 0 Å². The zero-order chi connectivity index (χ0) is 12.2. The summed E-state index contributed by atoms with van der Waals surface area (Å²) in [5.74, 6) is 0.827. The maximum Gasteiger partial charge on any atom is 0.0625 e. The van der Waals surface area contributed by atoms with E-state index in [0.29, 0.717) is 6.04 Å². The van der Waals surface area contributed by atoms with Crippen molar-refractivity contribution in [2.45, 2.75) is 37.2 Å². The molecule has 0 radical (unpaired) electrons. The molecule has 0 saturated carbocycles. The van der Waals surface area contributed by atoms with Crippen LogP contribution < -0.4 is 5.32 Å². The zero-order valence-corrected chi connectivity index (χ0v) is 11.2. The Hall–Kier alpha value is -0.520. The Balaban J connectivity index is 2.50. The third-order valence-electron chi connectivity index (χ3n) is 2.22. The Morgan fingerprint density at radius 1 is 1.62 bits per heavy atom. The highest BCUT2D eigenvalue weighted by molar-refractivity contribution is 7.99. The Morgan fingerprint density at radius 3 is 2.75 bits per heavy atom. The number of aliphatic hydroxyl groups is 1. The van der Waals surface area contributed by atoms with Crippen LogP contribution in [0.15, 0.2) is 17.3 Å². The second-order valence-electron chi connectivity index (χ2n) is 4.66. The van der Waals surface area contributed by atoms with Crippen LogP contribution in [0.25, 0.3) is 0 Å². The average Bonchev–Trinajstić information content (AvgIpc) is 2.60. The normalized spacial score (nSPS) is 15.4. The van der Waals surface area contributed by atoms with Crippen LogP contribution in [-0.4, -0.2) is 38.8 Å². The first-order valence-corrected chi connectivity index (χ1v) is 6.44. The summed E-state index contributed by atoms with van der Waals surface area (Å²) in [5, 5.41) is 16.9. The van der Waals surface area contributed by atoms with E-state index < -0.39 is 0 Å².